The molecule has 148 valence electrons. The van der Waals surface area contributed by atoms with E-state index in [0.29, 0.717) is 5.92 Å². The lowest BCUT2D eigenvalue weighted by molar-refractivity contribution is 0.215. The normalized spacial score (nSPS) is 16.8. The molecule has 3 heterocycles. The Hall–Kier alpha value is -1.86. The molecule has 2 aromatic heterocycles. The van der Waals surface area contributed by atoms with E-state index in [0.717, 1.165) is 50.0 Å². The largest absolute Gasteiger partial charge is 0.468 e. The van der Waals surface area contributed by atoms with Crippen molar-refractivity contribution in [2.24, 2.45) is 4.99 Å². The van der Waals surface area contributed by atoms with Crippen LogP contribution in [-0.2, 0) is 6.42 Å². The van der Waals surface area contributed by atoms with Crippen LogP contribution in [0.4, 0.5) is 0 Å². The van der Waals surface area contributed by atoms with Gasteiger partial charge in [-0.25, -0.2) is 4.98 Å². The molecule has 6 nitrogen and oxygen atoms in total. The average molecular weight is 390 g/mol. The number of aliphatic imine (C=N–C) groups is 1. The zero-order valence-corrected chi connectivity index (χ0v) is 17.4. The third-order valence-corrected chi connectivity index (χ3v) is 6.07. The van der Waals surface area contributed by atoms with Crippen LogP contribution in [0.5, 0.6) is 0 Å². The standard InChI is InChI=1S/C20H31N5OS/c1-15(2)19-24-16(14-27-19)8-9-22-20(21-3)23-13-17(18-7-6-12-26-18)25-10-4-5-11-25/h6-7,12,14-15,17H,4-5,8-11,13H2,1-3H3,(H2,21,22,23). The van der Waals surface area contributed by atoms with Crippen molar-refractivity contribution < 1.29 is 4.42 Å². The Bertz CT molecular complexity index is 704. The minimum absolute atomic E-state index is 0.244. The number of hydrogen-bond acceptors (Lipinski definition) is 5. The van der Waals surface area contributed by atoms with Gasteiger partial charge in [-0.05, 0) is 38.1 Å². The highest BCUT2D eigenvalue weighted by atomic mass is 32.1. The van der Waals surface area contributed by atoms with Crippen LogP contribution in [0.25, 0.3) is 0 Å². The third-order valence-electron chi connectivity index (χ3n) is 4.88. The summed E-state index contributed by atoms with van der Waals surface area (Å²) in [7, 11) is 1.81. The van der Waals surface area contributed by atoms with Gasteiger partial charge in [0.1, 0.15) is 5.76 Å². The van der Waals surface area contributed by atoms with E-state index in [4.69, 9.17) is 9.40 Å². The number of thiazole rings is 1. The highest BCUT2D eigenvalue weighted by molar-refractivity contribution is 7.09. The molecule has 0 amide bonds. The molecule has 1 unspecified atom stereocenters. The lowest BCUT2D eigenvalue weighted by Crippen LogP contribution is -2.43. The van der Waals surface area contributed by atoms with Gasteiger partial charge in [0.15, 0.2) is 5.96 Å². The summed E-state index contributed by atoms with van der Waals surface area (Å²) in [5, 5.41) is 10.2. The van der Waals surface area contributed by atoms with Crippen LogP contribution < -0.4 is 10.6 Å². The number of hydrogen-bond donors (Lipinski definition) is 2. The van der Waals surface area contributed by atoms with E-state index in [2.05, 4.69) is 45.8 Å². The smallest absolute Gasteiger partial charge is 0.191 e. The summed E-state index contributed by atoms with van der Waals surface area (Å²) < 4.78 is 5.69. The Morgan fingerprint density at radius 1 is 1.33 bits per heavy atom. The maximum atomic E-state index is 5.69. The fraction of sp³-hybridized carbons (Fsp3) is 0.600. The maximum Gasteiger partial charge on any atom is 0.191 e. The first kappa shape index (κ1) is 19.9. The Kier molecular flexibility index (Phi) is 7.29. The summed E-state index contributed by atoms with van der Waals surface area (Å²) in [6, 6.07) is 4.27. The second kappa shape index (κ2) is 9.90. The van der Waals surface area contributed by atoms with Gasteiger partial charge in [0.25, 0.3) is 0 Å². The van der Waals surface area contributed by atoms with Crippen molar-refractivity contribution in [1.82, 2.24) is 20.5 Å². The number of nitrogens with zero attached hydrogens (tertiary/aromatic N) is 3. The molecular formula is C20H31N5OS. The molecule has 1 fully saturated rings. The summed E-state index contributed by atoms with van der Waals surface area (Å²) in [5.41, 5.74) is 1.15. The topological polar surface area (TPSA) is 65.7 Å². The van der Waals surface area contributed by atoms with E-state index in [1.165, 1.54) is 17.8 Å². The van der Waals surface area contributed by atoms with E-state index in [-0.39, 0.29) is 6.04 Å². The zero-order valence-electron chi connectivity index (χ0n) is 16.6. The summed E-state index contributed by atoms with van der Waals surface area (Å²) in [6.45, 7) is 8.21. The van der Waals surface area contributed by atoms with Crippen molar-refractivity contribution in [2.45, 2.75) is 45.1 Å². The molecule has 0 aliphatic carbocycles. The summed E-state index contributed by atoms with van der Waals surface area (Å²) >= 11 is 1.75. The zero-order chi connectivity index (χ0) is 19.1. The van der Waals surface area contributed by atoms with E-state index in [9.17, 15) is 0 Å². The van der Waals surface area contributed by atoms with Gasteiger partial charge in [0, 0.05) is 37.9 Å². The van der Waals surface area contributed by atoms with Crippen LogP contribution in [0.1, 0.15) is 55.1 Å². The van der Waals surface area contributed by atoms with Gasteiger partial charge in [-0.2, -0.15) is 0 Å². The predicted octanol–water partition coefficient (Wildman–Crippen LogP) is 3.40. The van der Waals surface area contributed by atoms with Crippen molar-refractivity contribution in [2.75, 3.05) is 33.2 Å². The summed E-state index contributed by atoms with van der Waals surface area (Å²) in [6.07, 6.45) is 5.18. The lowest BCUT2D eigenvalue weighted by Gasteiger charge is -2.26. The molecule has 0 aromatic carbocycles. The molecule has 27 heavy (non-hydrogen) atoms. The number of rotatable bonds is 8. The number of furan rings is 1. The molecule has 0 saturated carbocycles. The highest BCUT2D eigenvalue weighted by Gasteiger charge is 2.25. The Morgan fingerprint density at radius 2 is 2.15 bits per heavy atom. The number of aromatic nitrogens is 1. The van der Waals surface area contributed by atoms with Crippen LogP contribution in [0.3, 0.4) is 0 Å². The fourth-order valence-corrected chi connectivity index (χ4v) is 4.24. The second-order valence-corrected chi connectivity index (χ2v) is 8.13. The molecule has 7 heteroatoms. The molecule has 1 saturated heterocycles. The molecule has 0 radical (unpaired) electrons. The van der Waals surface area contributed by atoms with Gasteiger partial charge < -0.3 is 15.1 Å². The van der Waals surface area contributed by atoms with Crippen LogP contribution in [-0.4, -0.2) is 49.1 Å². The average Bonchev–Trinajstić information content (AvgIpc) is 3.42. The molecule has 1 atom stereocenters. The van der Waals surface area contributed by atoms with Crippen LogP contribution in [0.15, 0.2) is 33.2 Å². The van der Waals surface area contributed by atoms with E-state index in [1.807, 2.05) is 13.1 Å². The first-order valence-corrected chi connectivity index (χ1v) is 10.7. The van der Waals surface area contributed by atoms with Crippen LogP contribution in [0.2, 0.25) is 0 Å². The Morgan fingerprint density at radius 3 is 2.78 bits per heavy atom. The monoisotopic (exact) mass is 389 g/mol. The van der Waals surface area contributed by atoms with Crippen molar-refractivity contribution in [3.05, 3.63) is 40.2 Å². The van der Waals surface area contributed by atoms with E-state index < -0.39 is 0 Å². The molecule has 1 aliphatic heterocycles. The molecule has 2 N–H and O–H groups in total. The SMILES string of the molecule is CN=C(NCCc1csc(C(C)C)n1)NCC(c1ccco1)N1CCCC1. The van der Waals surface area contributed by atoms with Gasteiger partial charge in [0.05, 0.1) is 23.0 Å². The number of likely N-dealkylation sites (tertiary alicyclic amines) is 1. The molecule has 2 aromatic rings. The van der Waals surface area contributed by atoms with Crippen molar-refractivity contribution in [3.63, 3.8) is 0 Å². The second-order valence-electron chi connectivity index (χ2n) is 7.24. The molecule has 0 spiro atoms. The van der Waals surface area contributed by atoms with E-state index in [1.54, 1.807) is 17.6 Å². The summed E-state index contributed by atoms with van der Waals surface area (Å²) in [4.78, 5) is 11.5. The first-order chi connectivity index (χ1) is 13.2. The van der Waals surface area contributed by atoms with Gasteiger partial charge >= 0.3 is 0 Å². The minimum Gasteiger partial charge on any atom is -0.468 e. The lowest BCUT2D eigenvalue weighted by atomic mass is 10.2. The van der Waals surface area contributed by atoms with Crippen molar-refractivity contribution in [3.8, 4) is 0 Å². The van der Waals surface area contributed by atoms with Gasteiger partial charge in [-0.3, -0.25) is 9.89 Å². The number of guanidine groups is 1. The van der Waals surface area contributed by atoms with Crippen LogP contribution >= 0.6 is 11.3 Å². The van der Waals surface area contributed by atoms with Crippen molar-refractivity contribution in [1.29, 1.82) is 0 Å². The Balaban J connectivity index is 1.48. The quantitative estimate of drug-likeness (QED) is 0.535. The third kappa shape index (κ3) is 5.56. The van der Waals surface area contributed by atoms with Gasteiger partial charge in [0.2, 0.25) is 0 Å². The maximum absolute atomic E-state index is 5.69. The molecule has 1 aliphatic rings. The minimum atomic E-state index is 0.244. The van der Waals surface area contributed by atoms with Gasteiger partial charge in [-0.1, -0.05) is 13.8 Å². The Labute approximate surface area is 166 Å². The predicted molar refractivity (Wildman–Crippen MR) is 112 cm³/mol. The highest BCUT2D eigenvalue weighted by Crippen LogP contribution is 2.24. The molecular weight excluding hydrogens is 358 g/mol. The molecule has 0 bridgehead atoms. The van der Waals surface area contributed by atoms with Crippen molar-refractivity contribution >= 4 is 17.3 Å². The van der Waals surface area contributed by atoms with Gasteiger partial charge in [-0.15, -0.1) is 11.3 Å². The number of nitrogens with one attached hydrogen (secondary N) is 2. The molecule has 3 rings (SSSR count). The van der Waals surface area contributed by atoms with E-state index >= 15 is 0 Å². The summed E-state index contributed by atoms with van der Waals surface area (Å²) in [5.74, 6) is 2.34. The van der Waals surface area contributed by atoms with Crippen LogP contribution in [0, 0.1) is 0 Å². The fourth-order valence-electron chi connectivity index (χ4n) is 3.37. The first-order valence-electron chi connectivity index (χ1n) is 9.83.